The molecule has 0 amide bonds. The van der Waals surface area contributed by atoms with Crippen LogP contribution >= 0.6 is 15.9 Å². The average molecular weight is 293 g/mol. The molecule has 1 heterocycles. The molecule has 0 fully saturated rings. The van der Waals surface area contributed by atoms with Crippen LogP contribution in [-0.4, -0.2) is 4.98 Å². The molecule has 0 radical (unpaired) electrons. The van der Waals surface area contributed by atoms with Crippen LogP contribution in [0.1, 0.15) is 49.4 Å². The van der Waals surface area contributed by atoms with E-state index in [-0.39, 0.29) is 17.2 Å². The summed E-state index contributed by atoms with van der Waals surface area (Å²) in [5.74, 6) is 0.191. The summed E-state index contributed by atoms with van der Waals surface area (Å²) in [6, 6.07) is 4.01. The molecule has 0 unspecified atom stereocenters. The Morgan fingerprint density at radius 3 is 2.18 bits per heavy atom. The van der Waals surface area contributed by atoms with Gasteiger partial charge < -0.3 is 5.73 Å². The van der Waals surface area contributed by atoms with E-state index in [9.17, 15) is 0 Å². The molecule has 0 aliphatic rings. The molecule has 17 heavy (non-hydrogen) atoms. The van der Waals surface area contributed by atoms with Crippen LogP contribution in [0.2, 0.25) is 0 Å². The van der Waals surface area contributed by atoms with Crippen LogP contribution in [0, 0.1) is 22.7 Å². The Balaban J connectivity index is 3.54. The number of anilines is 1. The van der Waals surface area contributed by atoms with Gasteiger partial charge in [-0.15, -0.1) is 0 Å². The van der Waals surface area contributed by atoms with Gasteiger partial charge in [0.2, 0.25) is 0 Å². The standard InChI is InChI=1S/C12H13BrN4/c1-3-7(4-2)11-8(5-14)10(16)9(6-15)12(13)17-11/h7H,3-4H2,1-2H3,(H2,16,17). The van der Waals surface area contributed by atoms with Gasteiger partial charge in [0.25, 0.3) is 0 Å². The first-order valence-electron chi connectivity index (χ1n) is 5.39. The second-order valence-corrected chi connectivity index (χ2v) is 4.44. The maximum Gasteiger partial charge on any atom is 0.126 e. The van der Waals surface area contributed by atoms with E-state index in [2.05, 4.69) is 27.0 Å². The third-order valence-corrected chi connectivity index (χ3v) is 3.39. The van der Waals surface area contributed by atoms with Gasteiger partial charge in [0.05, 0.1) is 16.9 Å². The minimum absolute atomic E-state index is 0.191. The Labute approximate surface area is 109 Å². The lowest BCUT2D eigenvalue weighted by Gasteiger charge is -2.15. The molecule has 0 bridgehead atoms. The predicted molar refractivity (Wildman–Crippen MR) is 69.1 cm³/mol. The highest BCUT2D eigenvalue weighted by Gasteiger charge is 2.20. The lowest BCUT2D eigenvalue weighted by atomic mass is 9.94. The van der Waals surface area contributed by atoms with Crippen LogP contribution in [-0.2, 0) is 0 Å². The lowest BCUT2D eigenvalue weighted by molar-refractivity contribution is 0.620. The number of pyridine rings is 1. The maximum absolute atomic E-state index is 9.16. The summed E-state index contributed by atoms with van der Waals surface area (Å²) >= 11 is 3.23. The minimum Gasteiger partial charge on any atom is -0.396 e. The fourth-order valence-corrected chi connectivity index (χ4v) is 2.28. The van der Waals surface area contributed by atoms with E-state index >= 15 is 0 Å². The number of nitrogens with two attached hydrogens (primary N) is 1. The second kappa shape index (κ2) is 5.65. The fraction of sp³-hybridized carbons (Fsp3) is 0.417. The SMILES string of the molecule is CCC(CC)c1nc(Br)c(C#N)c(N)c1C#N. The van der Waals surface area contributed by atoms with Gasteiger partial charge in [-0.05, 0) is 28.8 Å². The number of hydrogen-bond donors (Lipinski definition) is 1. The molecule has 0 aromatic carbocycles. The van der Waals surface area contributed by atoms with Crippen molar-refractivity contribution in [3.8, 4) is 12.1 Å². The molecule has 0 saturated carbocycles. The van der Waals surface area contributed by atoms with Crippen LogP contribution in [0.3, 0.4) is 0 Å². The Morgan fingerprint density at radius 2 is 1.76 bits per heavy atom. The molecule has 0 saturated heterocycles. The van der Waals surface area contributed by atoms with Crippen molar-refractivity contribution in [3.05, 3.63) is 21.4 Å². The molecule has 0 aliphatic heterocycles. The highest BCUT2D eigenvalue weighted by molar-refractivity contribution is 9.10. The van der Waals surface area contributed by atoms with E-state index in [0.717, 1.165) is 12.8 Å². The van der Waals surface area contributed by atoms with Crippen molar-refractivity contribution in [2.45, 2.75) is 32.6 Å². The van der Waals surface area contributed by atoms with E-state index in [1.807, 2.05) is 19.9 Å². The van der Waals surface area contributed by atoms with E-state index in [1.54, 1.807) is 0 Å². The topological polar surface area (TPSA) is 86.5 Å². The Bertz CT molecular complexity index is 507. The molecular formula is C12H13BrN4. The van der Waals surface area contributed by atoms with Crippen LogP contribution < -0.4 is 5.73 Å². The largest absolute Gasteiger partial charge is 0.396 e. The van der Waals surface area contributed by atoms with Gasteiger partial charge in [-0.3, -0.25) is 0 Å². The van der Waals surface area contributed by atoms with Crippen molar-refractivity contribution < 1.29 is 0 Å². The molecule has 1 aromatic heterocycles. The predicted octanol–water partition coefficient (Wildman–Crippen LogP) is 3.07. The van der Waals surface area contributed by atoms with Crippen LogP contribution in [0.25, 0.3) is 0 Å². The smallest absolute Gasteiger partial charge is 0.126 e. The Hall–Kier alpha value is -1.59. The number of hydrogen-bond acceptors (Lipinski definition) is 4. The number of halogens is 1. The minimum atomic E-state index is 0.191. The molecule has 88 valence electrons. The molecule has 0 spiro atoms. The summed E-state index contributed by atoms with van der Waals surface area (Å²) < 4.78 is 0.415. The average Bonchev–Trinajstić information content (AvgIpc) is 2.31. The fourth-order valence-electron chi connectivity index (χ4n) is 1.79. The van der Waals surface area contributed by atoms with Gasteiger partial charge >= 0.3 is 0 Å². The summed E-state index contributed by atoms with van der Waals surface area (Å²) in [7, 11) is 0. The van der Waals surface area contributed by atoms with Gasteiger partial charge in [-0.2, -0.15) is 10.5 Å². The van der Waals surface area contributed by atoms with Gasteiger partial charge in [0.15, 0.2) is 0 Å². The number of aromatic nitrogens is 1. The molecule has 0 atom stereocenters. The van der Waals surface area contributed by atoms with Crippen LogP contribution in [0.15, 0.2) is 4.60 Å². The molecule has 0 aliphatic carbocycles. The molecule has 4 nitrogen and oxygen atoms in total. The third-order valence-electron chi connectivity index (χ3n) is 2.82. The molecule has 1 aromatic rings. The van der Waals surface area contributed by atoms with Gasteiger partial charge in [0.1, 0.15) is 22.3 Å². The van der Waals surface area contributed by atoms with Gasteiger partial charge in [-0.1, -0.05) is 13.8 Å². The van der Waals surface area contributed by atoms with E-state index < -0.39 is 0 Å². The summed E-state index contributed by atoms with van der Waals surface area (Å²) in [5.41, 5.74) is 7.31. The van der Waals surface area contributed by atoms with E-state index in [4.69, 9.17) is 16.3 Å². The number of nitriles is 2. The molecular weight excluding hydrogens is 280 g/mol. The monoisotopic (exact) mass is 292 g/mol. The number of nitrogen functional groups attached to an aromatic ring is 1. The zero-order valence-electron chi connectivity index (χ0n) is 9.79. The Kier molecular flexibility index (Phi) is 4.48. The van der Waals surface area contributed by atoms with E-state index in [1.165, 1.54) is 0 Å². The van der Waals surface area contributed by atoms with Crippen molar-refractivity contribution in [3.63, 3.8) is 0 Å². The van der Waals surface area contributed by atoms with Crippen LogP contribution in [0.5, 0.6) is 0 Å². The second-order valence-electron chi connectivity index (χ2n) is 3.69. The van der Waals surface area contributed by atoms with E-state index in [0.29, 0.717) is 15.9 Å². The van der Waals surface area contributed by atoms with Crippen molar-refractivity contribution in [2.24, 2.45) is 0 Å². The summed E-state index contributed by atoms with van der Waals surface area (Å²) in [5, 5.41) is 18.1. The van der Waals surface area contributed by atoms with Crippen molar-refractivity contribution in [2.75, 3.05) is 5.73 Å². The van der Waals surface area contributed by atoms with Gasteiger partial charge in [0, 0.05) is 5.92 Å². The zero-order chi connectivity index (χ0) is 13.0. The summed E-state index contributed by atoms with van der Waals surface area (Å²) in [6.07, 6.45) is 1.77. The van der Waals surface area contributed by atoms with Crippen molar-refractivity contribution in [1.29, 1.82) is 10.5 Å². The van der Waals surface area contributed by atoms with Crippen molar-refractivity contribution >= 4 is 21.6 Å². The summed E-state index contributed by atoms with van der Waals surface area (Å²) in [4.78, 5) is 4.31. The highest BCUT2D eigenvalue weighted by Crippen LogP contribution is 2.32. The highest BCUT2D eigenvalue weighted by atomic mass is 79.9. The number of rotatable bonds is 3. The van der Waals surface area contributed by atoms with Crippen molar-refractivity contribution in [1.82, 2.24) is 4.98 Å². The number of nitrogens with zero attached hydrogens (tertiary/aromatic N) is 3. The quantitative estimate of drug-likeness (QED) is 0.867. The lowest BCUT2D eigenvalue weighted by Crippen LogP contribution is -2.08. The zero-order valence-corrected chi connectivity index (χ0v) is 11.4. The first-order chi connectivity index (χ1) is 8.10. The maximum atomic E-state index is 9.16. The molecule has 5 heteroatoms. The normalized spacial score (nSPS) is 10.0. The Morgan fingerprint density at radius 1 is 1.24 bits per heavy atom. The first kappa shape index (κ1) is 13.5. The van der Waals surface area contributed by atoms with Gasteiger partial charge in [-0.25, -0.2) is 4.98 Å². The molecule has 1 rings (SSSR count). The van der Waals surface area contributed by atoms with Crippen LogP contribution in [0.4, 0.5) is 5.69 Å². The molecule has 2 N–H and O–H groups in total. The summed E-state index contributed by atoms with van der Waals surface area (Å²) in [6.45, 7) is 4.08. The first-order valence-corrected chi connectivity index (χ1v) is 6.18. The third kappa shape index (κ3) is 2.40.